The van der Waals surface area contributed by atoms with Crippen LogP contribution in [0.5, 0.6) is 0 Å². The SMILES string of the molecule is CC(C)(C)OC(=O)N[C@@H](Cc1ccccc1)[C@@H](O)CNC[C@@H](O)C(Cc1ccccc1)NC(=O)[C@@H](NC(=O)O)C(C)(C)C. The van der Waals surface area contributed by atoms with Gasteiger partial charge in [-0.1, -0.05) is 81.4 Å². The lowest BCUT2D eigenvalue weighted by atomic mass is 9.85. The first-order chi connectivity index (χ1) is 20.0. The first-order valence-electron chi connectivity index (χ1n) is 14.5. The molecule has 11 heteroatoms. The fraction of sp³-hybridized carbons (Fsp3) is 0.531. The third kappa shape index (κ3) is 13.5. The molecule has 0 saturated carbocycles. The van der Waals surface area contributed by atoms with Gasteiger partial charge in [0.1, 0.15) is 11.6 Å². The summed E-state index contributed by atoms with van der Waals surface area (Å²) in [5.41, 5.74) is 0.354. The molecule has 1 unspecified atom stereocenters. The van der Waals surface area contributed by atoms with Crippen molar-refractivity contribution in [3.05, 3.63) is 71.8 Å². The van der Waals surface area contributed by atoms with Gasteiger partial charge in [-0.3, -0.25) is 4.79 Å². The van der Waals surface area contributed by atoms with Crippen molar-refractivity contribution < 1.29 is 34.4 Å². The van der Waals surface area contributed by atoms with Crippen LogP contribution in [0.25, 0.3) is 0 Å². The lowest BCUT2D eigenvalue weighted by Crippen LogP contribution is -2.58. The second kappa shape index (κ2) is 16.3. The van der Waals surface area contributed by atoms with Crippen molar-refractivity contribution in [2.75, 3.05) is 13.1 Å². The molecule has 0 aliphatic rings. The maximum atomic E-state index is 13.2. The van der Waals surface area contributed by atoms with E-state index >= 15 is 0 Å². The molecule has 2 rings (SSSR count). The molecule has 0 aliphatic carbocycles. The minimum atomic E-state index is -1.32. The van der Waals surface area contributed by atoms with Gasteiger partial charge in [0.15, 0.2) is 0 Å². The Morgan fingerprint density at radius 2 is 1.16 bits per heavy atom. The van der Waals surface area contributed by atoms with Crippen molar-refractivity contribution in [2.24, 2.45) is 5.41 Å². The predicted molar refractivity (Wildman–Crippen MR) is 165 cm³/mol. The summed E-state index contributed by atoms with van der Waals surface area (Å²) in [7, 11) is 0. The third-order valence-corrected chi connectivity index (χ3v) is 6.66. The quantitative estimate of drug-likeness (QED) is 0.174. The maximum absolute atomic E-state index is 13.2. The molecule has 5 atom stereocenters. The molecule has 0 bridgehead atoms. The number of alkyl carbamates (subject to hydrolysis) is 1. The van der Waals surface area contributed by atoms with E-state index in [-0.39, 0.29) is 13.1 Å². The van der Waals surface area contributed by atoms with Gasteiger partial charge < -0.3 is 41.3 Å². The Labute approximate surface area is 254 Å². The number of hydrogen-bond acceptors (Lipinski definition) is 7. The summed E-state index contributed by atoms with van der Waals surface area (Å²) in [6, 6.07) is 16.2. The second-order valence-corrected chi connectivity index (χ2v) is 12.8. The second-order valence-electron chi connectivity index (χ2n) is 12.8. The minimum Gasteiger partial charge on any atom is -0.465 e. The molecule has 7 N–H and O–H groups in total. The Balaban J connectivity index is 2.12. The summed E-state index contributed by atoms with van der Waals surface area (Å²) in [5.74, 6) is -0.556. The number of carbonyl (C=O) groups is 3. The van der Waals surface area contributed by atoms with Crippen LogP contribution in [0.4, 0.5) is 9.59 Å². The first kappa shape index (κ1) is 35.5. The monoisotopic (exact) mass is 600 g/mol. The van der Waals surface area contributed by atoms with E-state index < -0.39 is 59.4 Å². The molecule has 0 saturated heterocycles. The molecule has 11 nitrogen and oxygen atoms in total. The average Bonchev–Trinajstić information content (AvgIpc) is 2.90. The number of carbonyl (C=O) groups excluding carboxylic acids is 2. The van der Waals surface area contributed by atoms with Gasteiger partial charge in [-0.25, -0.2) is 9.59 Å². The molecule has 2 aromatic carbocycles. The van der Waals surface area contributed by atoms with E-state index in [1.807, 2.05) is 60.7 Å². The predicted octanol–water partition coefficient (Wildman–Crippen LogP) is 2.84. The summed E-state index contributed by atoms with van der Waals surface area (Å²) in [4.78, 5) is 37.1. The fourth-order valence-corrected chi connectivity index (χ4v) is 4.49. The van der Waals surface area contributed by atoms with Crippen molar-refractivity contribution in [2.45, 2.75) is 90.3 Å². The average molecular weight is 601 g/mol. The topological polar surface area (TPSA) is 169 Å². The summed E-state index contributed by atoms with van der Waals surface area (Å²) in [6.07, 6.45) is -3.46. The zero-order chi connectivity index (χ0) is 32.2. The summed E-state index contributed by atoms with van der Waals surface area (Å²) in [5, 5.41) is 42.4. The lowest BCUT2D eigenvalue weighted by Gasteiger charge is -2.32. The Hall–Kier alpha value is -3.67. The van der Waals surface area contributed by atoms with Crippen LogP contribution in [0.3, 0.4) is 0 Å². The molecule has 0 aliphatic heterocycles. The van der Waals surface area contributed by atoms with Crippen LogP contribution in [0.15, 0.2) is 60.7 Å². The van der Waals surface area contributed by atoms with Gasteiger partial charge in [-0.2, -0.15) is 0 Å². The molecule has 2 aromatic rings. The highest BCUT2D eigenvalue weighted by atomic mass is 16.6. The Morgan fingerprint density at radius 3 is 1.56 bits per heavy atom. The van der Waals surface area contributed by atoms with Crippen molar-refractivity contribution in [3.8, 4) is 0 Å². The largest absolute Gasteiger partial charge is 0.465 e. The zero-order valence-electron chi connectivity index (χ0n) is 26.0. The van der Waals surface area contributed by atoms with Crippen LogP contribution >= 0.6 is 0 Å². The zero-order valence-corrected chi connectivity index (χ0v) is 26.0. The van der Waals surface area contributed by atoms with E-state index in [1.54, 1.807) is 41.5 Å². The van der Waals surface area contributed by atoms with Gasteiger partial charge >= 0.3 is 12.2 Å². The summed E-state index contributed by atoms with van der Waals surface area (Å²) in [6.45, 7) is 10.5. The summed E-state index contributed by atoms with van der Waals surface area (Å²) >= 11 is 0. The van der Waals surface area contributed by atoms with Gasteiger partial charge in [0.05, 0.1) is 24.3 Å². The van der Waals surface area contributed by atoms with Crippen LogP contribution in [0.2, 0.25) is 0 Å². The highest BCUT2D eigenvalue weighted by molar-refractivity contribution is 5.86. The normalized spacial score (nSPS) is 15.3. The number of hydrogen-bond donors (Lipinski definition) is 7. The highest BCUT2D eigenvalue weighted by Gasteiger charge is 2.35. The number of benzene rings is 2. The van der Waals surface area contributed by atoms with E-state index in [9.17, 15) is 29.7 Å². The Morgan fingerprint density at radius 1 is 0.721 bits per heavy atom. The molecular weight excluding hydrogens is 552 g/mol. The molecule has 0 radical (unpaired) electrons. The van der Waals surface area contributed by atoms with E-state index in [1.165, 1.54) is 0 Å². The molecule has 0 fully saturated rings. The van der Waals surface area contributed by atoms with E-state index in [2.05, 4.69) is 21.3 Å². The number of carboxylic acid groups (broad SMARTS) is 1. The number of aliphatic hydroxyl groups is 2. The number of amides is 3. The van der Waals surface area contributed by atoms with Gasteiger partial charge in [0, 0.05) is 13.1 Å². The van der Waals surface area contributed by atoms with Gasteiger partial charge in [0.25, 0.3) is 0 Å². The number of aliphatic hydroxyl groups excluding tert-OH is 2. The van der Waals surface area contributed by atoms with Crippen molar-refractivity contribution >= 4 is 18.1 Å². The maximum Gasteiger partial charge on any atom is 0.407 e. The molecule has 0 aromatic heterocycles. The van der Waals surface area contributed by atoms with Gasteiger partial charge in [-0.15, -0.1) is 0 Å². The molecule has 3 amide bonds. The third-order valence-electron chi connectivity index (χ3n) is 6.66. The van der Waals surface area contributed by atoms with Gasteiger partial charge in [-0.05, 0) is 50.2 Å². The minimum absolute atomic E-state index is 0.00583. The smallest absolute Gasteiger partial charge is 0.407 e. The van der Waals surface area contributed by atoms with Crippen LogP contribution in [0.1, 0.15) is 52.7 Å². The highest BCUT2D eigenvalue weighted by Crippen LogP contribution is 2.20. The molecule has 43 heavy (non-hydrogen) atoms. The number of ether oxygens (including phenoxy) is 1. The van der Waals surface area contributed by atoms with E-state index in [0.29, 0.717) is 12.8 Å². The molecule has 238 valence electrons. The number of nitrogens with one attached hydrogen (secondary N) is 4. The standard InChI is InChI=1S/C32H48N4O7/c1-31(2,3)27(36-29(40)41)28(39)34-23(17-21-13-9-7-10-14-21)25(37)19-33-20-26(38)24(18-22-15-11-8-12-16-22)35-30(42)43-32(4,5)6/h7-16,23-27,33,36-38H,17-20H2,1-6H3,(H,34,39)(H,35,42)(H,40,41)/t23?,24-,25+,26-,27+/m0/s1. The molecule has 0 spiro atoms. The summed E-state index contributed by atoms with van der Waals surface area (Å²) < 4.78 is 5.39. The van der Waals surface area contributed by atoms with Crippen LogP contribution in [-0.2, 0) is 22.4 Å². The van der Waals surface area contributed by atoms with Gasteiger partial charge in [0.2, 0.25) is 5.91 Å². The van der Waals surface area contributed by atoms with Crippen LogP contribution in [-0.4, -0.2) is 82.4 Å². The van der Waals surface area contributed by atoms with Crippen LogP contribution in [0, 0.1) is 5.41 Å². The van der Waals surface area contributed by atoms with Crippen molar-refractivity contribution in [1.29, 1.82) is 0 Å². The van der Waals surface area contributed by atoms with E-state index in [0.717, 1.165) is 11.1 Å². The molecule has 0 heterocycles. The van der Waals surface area contributed by atoms with Crippen molar-refractivity contribution in [1.82, 2.24) is 21.3 Å². The first-order valence-corrected chi connectivity index (χ1v) is 14.5. The Kier molecular flexibility index (Phi) is 13.4. The lowest BCUT2D eigenvalue weighted by molar-refractivity contribution is -0.127. The fourth-order valence-electron chi connectivity index (χ4n) is 4.49. The van der Waals surface area contributed by atoms with Crippen LogP contribution < -0.4 is 21.3 Å². The van der Waals surface area contributed by atoms with E-state index in [4.69, 9.17) is 4.74 Å². The Bertz CT molecular complexity index is 1150. The molecular formula is C32H48N4O7. The number of rotatable bonds is 14. The van der Waals surface area contributed by atoms with Crippen molar-refractivity contribution in [3.63, 3.8) is 0 Å².